The Kier molecular flexibility index (Phi) is 4.41. The Hall–Kier alpha value is -1.05. The van der Waals surface area contributed by atoms with Gasteiger partial charge in [-0.05, 0) is 23.9 Å². The lowest BCUT2D eigenvalue weighted by atomic mass is 10.3. The molecule has 0 aliphatic heterocycles. The molecule has 0 radical (unpaired) electrons. The molecule has 1 nitrogen and oxygen atoms in total. The maximum absolute atomic E-state index is 13.1. The van der Waals surface area contributed by atoms with Crippen molar-refractivity contribution in [1.82, 2.24) is 0 Å². The fourth-order valence-corrected chi connectivity index (χ4v) is 2.02. The van der Waals surface area contributed by atoms with Gasteiger partial charge in [-0.3, -0.25) is 0 Å². The van der Waals surface area contributed by atoms with Crippen LogP contribution in [-0.4, -0.2) is 24.7 Å². The van der Waals surface area contributed by atoms with E-state index in [9.17, 15) is 26.3 Å². The summed E-state index contributed by atoms with van der Waals surface area (Å²) in [5.74, 6) is -0.0449. The van der Waals surface area contributed by atoms with Crippen molar-refractivity contribution in [1.29, 1.82) is 0 Å². The lowest BCUT2D eigenvalue weighted by Gasteiger charge is -2.22. The summed E-state index contributed by atoms with van der Waals surface area (Å²) in [6, 6.07) is 5.21. The van der Waals surface area contributed by atoms with Crippen molar-refractivity contribution in [2.75, 3.05) is 7.11 Å². The molecule has 1 aromatic rings. The second kappa shape index (κ2) is 5.29. The summed E-state index contributed by atoms with van der Waals surface area (Å²) in [4.78, 5) is -0.267. The SMILES string of the molecule is COc1ccccc1SC(F)(F)C(F)C(F)(F)F. The van der Waals surface area contributed by atoms with E-state index in [-0.39, 0.29) is 10.6 Å². The average molecular weight is 290 g/mol. The fourth-order valence-electron chi connectivity index (χ4n) is 1.09. The number of alkyl halides is 6. The number of para-hydroxylation sites is 1. The lowest BCUT2D eigenvalue weighted by molar-refractivity contribution is -0.219. The molecule has 0 spiro atoms. The molecule has 0 saturated carbocycles. The highest BCUT2D eigenvalue weighted by atomic mass is 32.2. The van der Waals surface area contributed by atoms with Crippen LogP contribution in [0.3, 0.4) is 0 Å². The normalized spacial score (nSPS) is 14.4. The van der Waals surface area contributed by atoms with Gasteiger partial charge in [-0.2, -0.15) is 22.0 Å². The summed E-state index contributed by atoms with van der Waals surface area (Å²) in [6.45, 7) is 0. The molecule has 0 aromatic heterocycles. The third-order valence-corrected chi connectivity index (χ3v) is 2.93. The quantitative estimate of drug-likeness (QED) is 0.604. The van der Waals surface area contributed by atoms with Crippen LogP contribution in [0.15, 0.2) is 29.2 Å². The van der Waals surface area contributed by atoms with Crippen molar-refractivity contribution in [3.05, 3.63) is 24.3 Å². The largest absolute Gasteiger partial charge is 0.496 e. The van der Waals surface area contributed by atoms with Crippen LogP contribution in [-0.2, 0) is 0 Å². The maximum Gasteiger partial charge on any atom is 0.426 e. The molecule has 18 heavy (non-hydrogen) atoms. The van der Waals surface area contributed by atoms with Crippen LogP contribution in [0, 0.1) is 0 Å². The number of hydrogen-bond acceptors (Lipinski definition) is 2. The van der Waals surface area contributed by atoms with Crippen molar-refractivity contribution in [3.63, 3.8) is 0 Å². The molecule has 0 aliphatic rings. The predicted molar refractivity (Wildman–Crippen MR) is 54.7 cm³/mol. The van der Waals surface area contributed by atoms with Crippen molar-refractivity contribution in [2.24, 2.45) is 0 Å². The Morgan fingerprint density at radius 2 is 1.67 bits per heavy atom. The van der Waals surface area contributed by atoms with Gasteiger partial charge in [0.15, 0.2) is 0 Å². The number of thioether (sulfide) groups is 1. The van der Waals surface area contributed by atoms with Crippen molar-refractivity contribution in [2.45, 2.75) is 22.5 Å². The summed E-state index contributed by atoms with van der Waals surface area (Å²) in [5, 5.41) is -4.62. The van der Waals surface area contributed by atoms with Gasteiger partial charge >= 0.3 is 11.4 Å². The zero-order valence-corrected chi connectivity index (χ0v) is 9.79. The van der Waals surface area contributed by atoms with E-state index in [2.05, 4.69) is 0 Å². The molecule has 0 bridgehead atoms. The minimum absolute atomic E-state index is 0.0449. The predicted octanol–water partition coefficient (Wildman–Crippen LogP) is 4.28. The van der Waals surface area contributed by atoms with E-state index in [1.54, 1.807) is 0 Å². The Labute approximate surface area is 103 Å². The molecule has 0 N–H and O–H groups in total. The van der Waals surface area contributed by atoms with E-state index in [1.165, 1.54) is 25.3 Å². The van der Waals surface area contributed by atoms with Gasteiger partial charge in [-0.1, -0.05) is 12.1 Å². The second-order valence-corrected chi connectivity index (χ2v) is 4.41. The first-order valence-electron chi connectivity index (χ1n) is 4.59. The van der Waals surface area contributed by atoms with E-state index >= 15 is 0 Å². The van der Waals surface area contributed by atoms with E-state index in [0.29, 0.717) is 0 Å². The minimum atomic E-state index is -5.61. The molecule has 8 heteroatoms. The summed E-state index contributed by atoms with van der Waals surface area (Å²) >= 11 is -0.521. The molecule has 0 aliphatic carbocycles. The zero-order valence-electron chi connectivity index (χ0n) is 8.97. The van der Waals surface area contributed by atoms with Gasteiger partial charge in [0.05, 0.1) is 12.0 Å². The number of benzene rings is 1. The monoisotopic (exact) mass is 290 g/mol. The van der Waals surface area contributed by atoms with Crippen LogP contribution in [0.2, 0.25) is 0 Å². The summed E-state index contributed by atoms with van der Waals surface area (Å²) < 4.78 is 79.4. The molecule has 0 saturated heterocycles. The Bertz CT molecular complexity index is 406. The van der Waals surface area contributed by atoms with E-state index < -0.39 is 29.4 Å². The highest BCUT2D eigenvalue weighted by Crippen LogP contribution is 2.47. The molecule has 0 fully saturated rings. The van der Waals surface area contributed by atoms with Gasteiger partial charge in [0.2, 0.25) is 0 Å². The molecular formula is C10H8F6OS. The molecule has 1 aromatic carbocycles. The maximum atomic E-state index is 13.1. The number of hydrogen-bond donors (Lipinski definition) is 0. The van der Waals surface area contributed by atoms with Gasteiger partial charge in [0.1, 0.15) is 5.75 Å². The topological polar surface area (TPSA) is 9.23 Å². The Morgan fingerprint density at radius 1 is 1.11 bits per heavy atom. The van der Waals surface area contributed by atoms with Gasteiger partial charge in [0.25, 0.3) is 6.17 Å². The first-order chi connectivity index (χ1) is 8.18. The molecule has 1 rings (SSSR count). The highest BCUT2D eigenvalue weighted by Gasteiger charge is 2.57. The Morgan fingerprint density at radius 3 is 2.17 bits per heavy atom. The first kappa shape index (κ1) is 15.0. The summed E-state index contributed by atoms with van der Waals surface area (Å²) in [5.41, 5.74) is 0. The third-order valence-electron chi connectivity index (χ3n) is 1.90. The number of ether oxygens (including phenoxy) is 1. The first-order valence-corrected chi connectivity index (χ1v) is 5.40. The van der Waals surface area contributed by atoms with E-state index in [1.807, 2.05) is 0 Å². The molecule has 1 unspecified atom stereocenters. The van der Waals surface area contributed by atoms with Crippen LogP contribution in [0.1, 0.15) is 0 Å². The second-order valence-electron chi connectivity index (χ2n) is 3.22. The van der Waals surface area contributed by atoms with Gasteiger partial charge in [-0.25, -0.2) is 4.39 Å². The fraction of sp³-hybridized carbons (Fsp3) is 0.400. The number of rotatable bonds is 4. The van der Waals surface area contributed by atoms with Crippen LogP contribution < -0.4 is 4.74 Å². The average Bonchev–Trinajstić information content (AvgIpc) is 2.27. The molecule has 0 amide bonds. The van der Waals surface area contributed by atoms with Crippen molar-refractivity contribution < 1.29 is 31.1 Å². The zero-order chi connectivity index (χ0) is 14.0. The molecule has 1 atom stereocenters. The van der Waals surface area contributed by atoms with Crippen molar-refractivity contribution in [3.8, 4) is 5.75 Å². The molecule has 0 heterocycles. The van der Waals surface area contributed by atoms with Crippen molar-refractivity contribution >= 4 is 11.8 Å². The van der Waals surface area contributed by atoms with Gasteiger partial charge < -0.3 is 4.74 Å². The van der Waals surface area contributed by atoms with Crippen LogP contribution >= 0.6 is 11.8 Å². The highest BCUT2D eigenvalue weighted by molar-refractivity contribution is 8.00. The van der Waals surface area contributed by atoms with Crippen LogP contribution in [0.25, 0.3) is 0 Å². The standard InChI is InChI=1S/C10H8F6OS/c1-17-6-4-2-3-5-7(6)18-10(15,16)8(11)9(12,13)14/h2-5,8H,1H3. The summed E-state index contributed by atoms with van der Waals surface area (Å²) in [6.07, 6.45) is -9.85. The minimum Gasteiger partial charge on any atom is -0.496 e. The van der Waals surface area contributed by atoms with Gasteiger partial charge in [-0.15, -0.1) is 0 Å². The van der Waals surface area contributed by atoms with Crippen LogP contribution in [0.5, 0.6) is 5.75 Å². The smallest absolute Gasteiger partial charge is 0.426 e. The van der Waals surface area contributed by atoms with E-state index in [0.717, 1.165) is 6.07 Å². The van der Waals surface area contributed by atoms with Crippen LogP contribution in [0.4, 0.5) is 26.3 Å². The number of methoxy groups -OCH3 is 1. The molecule has 102 valence electrons. The third kappa shape index (κ3) is 3.47. The van der Waals surface area contributed by atoms with Gasteiger partial charge in [0, 0.05) is 0 Å². The van der Waals surface area contributed by atoms with E-state index in [4.69, 9.17) is 4.74 Å². The summed E-state index contributed by atoms with van der Waals surface area (Å²) in [7, 11) is 1.17. The lowest BCUT2D eigenvalue weighted by Crippen LogP contribution is -2.39. The number of halogens is 6. The molecular weight excluding hydrogens is 282 g/mol. The Balaban J connectivity index is 2.95.